The van der Waals surface area contributed by atoms with Crippen LogP contribution in [0.15, 0.2) is 24.3 Å². The molecule has 3 heteroatoms. The molecular weight excluding hydrogens is 226 g/mol. The maximum atomic E-state index is 6.11. The lowest BCUT2D eigenvalue weighted by Crippen LogP contribution is -2.17. The normalized spacial score (nSPS) is 12.7. The number of nitrogens with two attached hydrogens (primary N) is 1. The Morgan fingerprint density at radius 1 is 1.40 bits per heavy atom. The summed E-state index contributed by atoms with van der Waals surface area (Å²) in [5, 5.41) is 0.861. The first-order valence-electron chi connectivity index (χ1n) is 5.20. The molecule has 1 aromatic rings. The second-order valence-corrected chi connectivity index (χ2v) is 5.07. The van der Waals surface area contributed by atoms with Crippen LogP contribution in [0.3, 0.4) is 0 Å². The maximum Gasteiger partial charge on any atom is 0.0438 e. The van der Waals surface area contributed by atoms with E-state index in [0.29, 0.717) is 5.92 Å². The van der Waals surface area contributed by atoms with E-state index in [1.54, 1.807) is 0 Å². The van der Waals surface area contributed by atoms with Crippen molar-refractivity contribution in [2.75, 3.05) is 18.6 Å². The van der Waals surface area contributed by atoms with Crippen molar-refractivity contribution in [3.8, 4) is 0 Å². The van der Waals surface area contributed by atoms with Gasteiger partial charge in [-0.3, -0.25) is 0 Å². The minimum absolute atomic E-state index is 0.553. The van der Waals surface area contributed by atoms with Crippen LogP contribution in [0, 0.1) is 5.92 Å². The Bertz CT molecular complexity index is 291. The molecule has 0 saturated heterocycles. The largest absolute Gasteiger partial charge is 0.330 e. The SMILES string of the molecule is CSCCC(CN)Cc1ccccc1Cl. The quantitative estimate of drug-likeness (QED) is 0.831. The first-order valence-corrected chi connectivity index (χ1v) is 6.97. The van der Waals surface area contributed by atoms with Gasteiger partial charge in [-0.05, 0) is 48.9 Å². The fraction of sp³-hybridized carbons (Fsp3) is 0.500. The van der Waals surface area contributed by atoms with Gasteiger partial charge in [0.05, 0.1) is 0 Å². The van der Waals surface area contributed by atoms with Gasteiger partial charge in [-0.15, -0.1) is 0 Å². The van der Waals surface area contributed by atoms with Crippen LogP contribution in [-0.2, 0) is 6.42 Å². The van der Waals surface area contributed by atoms with E-state index in [-0.39, 0.29) is 0 Å². The zero-order valence-corrected chi connectivity index (χ0v) is 10.7. The van der Waals surface area contributed by atoms with Gasteiger partial charge in [0.1, 0.15) is 0 Å². The van der Waals surface area contributed by atoms with Gasteiger partial charge in [0, 0.05) is 5.02 Å². The molecule has 2 N–H and O–H groups in total. The lowest BCUT2D eigenvalue weighted by molar-refractivity contribution is 0.523. The summed E-state index contributed by atoms with van der Waals surface area (Å²) in [6.07, 6.45) is 4.29. The first kappa shape index (κ1) is 12.9. The van der Waals surface area contributed by atoms with E-state index in [1.165, 1.54) is 17.7 Å². The molecule has 1 rings (SSSR count). The summed E-state index contributed by atoms with van der Waals surface area (Å²) < 4.78 is 0. The van der Waals surface area contributed by atoms with E-state index >= 15 is 0 Å². The van der Waals surface area contributed by atoms with Crippen molar-refractivity contribution in [1.29, 1.82) is 0 Å². The molecule has 0 saturated carbocycles. The van der Waals surface area contributed by atoms with Gasteiger partial charge in [-0.1, -0.05) is 29.8 Å². The molecule has 0 aliphatic rings. The van der Waals surface area contributed by atoms with E-state index in [4.69, 9.17) is 17.3 Å². The van der Waals surface area contributed by atoms with Crippen molar-refractivity contribution >= 4 is 23.4 Å². The molecular formula is C12H18ClNS. The third-order valence-corrected chi connectivity index (χ3v) is 3.54. The number of hydrogen-bond donors (Lipinski definition) is 1. The zero-order chi connectivity index (χ0) is 11.1. The Morgan fingerprint density at radius 2 is 2.13 bits per heavy atom. The van der Waals surface area contributed by atoms with Crippen molar-refractivity contribution in [3.05, 3.63) is 34.9 Å². The van der Waals surface area contributed by atoms with Crippen LogP contribution >= 0.6 is 23.4 Å². The number of hydrogen-bond acceptors (Lipinski definition) is 2. The van der Waals surface area contributed by atoms with Crippen LogP contribution in [0.1, 0.15) is 12.0 Å². The molecule has 0 aromatic heterocycles. The molecule has 0 radical (unpaired) electrons. The monoisotopic (exact) mass is 243 g/mol. The van der Waals surface area contributed by atoms with E-state index in [0.717, 1.165) is 18.0 Å². The first-order chi connectivity index (χ1) is 7.27. The van der Waals surface area contributed by atoms with Gasteiger partial charge < -0.3 is 5.73 Å². The molecule has 1 unspecified atom stereocenters. The summed E-state index contributed by atoms with van der Waals surface area (Å²) in [6, 6.07) is 8.03. The highest BCUT2D eigenvalue weighted by Crippen LogP contribution is 2.20. The minimum Gasteiger partial charge on any atom is -0.330 e. The maximum absolute atomic E-state index is 6.11. The molecule has 0 amide bonds. The molecule has 0 heterocycles. The lowest BCUT2D eigenvalue weighted by Gasteiger charge is -2.14. The molecule has 15 heavy (non-hydrogen) atoms. The Balaban J connectivity index is 2.54. The summed E-state index contributed by atoms with van der Waals surface area (Å²) in [5.41, 5.74) is 6.98. The number of rotatable bonds is 6. The fourth-order valence-electron chi connectivity index (χ4n) is 1.56. The van der Waals surface area contributed by atoms with Crippen molar-refractivity contribution < 1.29 is 0 Å². The zero-order valence-electron chi connectivity index (χ0n) is 9.08. The number of halogens is 1. The number of thioether (sulfide) groups is 1. The smallest absolute Gasteiger partial charge is 0.0438 e. The molecule has 1 aromatic carbocycles. The number of benzene rings is 1. The second kappa shape index (κ2) is 7.15. The lowest BCUT2D eigenvalue weighted by atomic mass is 9.97. The summed E-state index contributed by atoms with van der Waals surface area (Å²) in [7, 11) is 0. The highest BCUT2D eigenvalue weighted by molar-refractivity contribution is 7.98. The van der Waals surface area contributed by atoms with E-state index < -0.39 is 0 Å². The molecule has 0 aliphatic heterocycles. The second-order valence-electron chi connectivity index (χ2n) is 3.68. The van der Waals surface area contributed by atoms with Crippen molar-refractivity contribution in [2.24, 2.45) is 11.7 Å². The fourth-order valence-corrected chi connectivity index (χ4v) is 2.34. The van der Waals surface area contributed by atoms with Crippen LogP contribution in [0.5, 0.6) is 0 Å². The summed E-state index contributed by atoms with van der Waals surface area (Å²) in [4.78, 5) is 0. The van der Waals surface area contributed by atoms with Crippen molar-refractivity contribution in [1.82, 2.24) is 0 Å². The van der Waals surface area contributed by atoms with Crippen LogP contribution < -0.4 is 5.73 Å². The van der Waals surface area contributed by atoms with Crippen molar-refractivity contribution in [3.63, 3.8) is 0 Å². The summed E-state index contributed by atoms with van der Waals surface area (Å²) in [5.74, 6) is 1.73. The molecule has 84 valence electrons. The molecule has 0 fully saturated rings. The van der Waals surface area contributed by atoms with Crippen LogP contribution in [0.2, 0.25) is 5.02 Å². The van der Waals surface area contributed by atoms with Gasteiger partial charge in [-0.25, -0.2) is 0 Å². The van der Waals surface area contributed by atoms with E-state index in [9.17, 15) is 0 Å². The van der Waals surface area contributed by atoms with E-state index in [2.05, 4.69) is 12.3 Å². The topological polar surface area (TPSA) is 26.0 Å². The predicted octanol–water partition coefficient (Wildman–Crippen LogP) is 3.21. The van der Waals surface area contributed by atoms with Gasteiger partial charge in [0.2, 0.25) is 0 Å². The Labute approximate surface area is 101 Å². The molecule has 0 spiro atoms. The molecule has 0 aliphatic carbocycles. The third-order valence-electron chi connectivity index (χ3n) is 2.53. The summed E-state index contributed by atoms with van der Waals surface area (Å²) >= 11 is 7.98. The van der Waals surface area contributed by atoms with Crippen molar-refractivity contribution in [2.45, 2.75) is 12.8 Å². The molecule has 1 atom stereocenters. The highest BCUT2D eigenvalue weighted by atomic mass is 35.5. The van der Waals surface area contributed by atoms with Gasteiger partial charge >= 0.3 is 0 Å². The highest BCUT2D eigenvalue weighted by Gasteiger charge is 2.09. The molecule has 1 nitrogen and oxygen atoms in total. The van der Waals surface area contributed by atoms with E-state index in [1.807, 2.05) is 30.0 Å². The van der Waals surface area contributed by atoms with Gasteiger partial charge in [-0.2, -0.15) is 11.8 Å². The third kappa shape index (κ3) is 4.45. The summed E-state index contributed by atoms with van der Waals surface area (Å²) in [6.45, 7) is 0.742. The average molecular weight is 244 g/mol. The Kier molecular flexibility index (Phi) is 6.15. The van der Waals surface area contributed by atoms with Gasteiger partial charge in [0.25, 0.3) is 0 Å². The average Bonchev–Trinajstić information content (AvgIpc) is 2.26. The van der Waals surface area contributed by atoms with Gasteiger partial charge in [0.15, 0.2) is 0 Å². The predicted molar refractivity (Wildman–Crippen MR) is 70.7 cm³/mol. The minimum atomic E-state index is 0.553. The Hall–Kier alpha value is -0.180. The standard InChI is InChI=1S/C12H18ClNS/c1-15-7-6-10(9-14)8-11-4-2-3-5-12(11)13/h2-5,10H,6-9,14H2,1H3. The molecule has 0 bridgehead atoms. The Morgan fingerprint density at radius 3 is 2.73 bits per heavy atom. The van der Waals surface area contributed by atoms with Crippen LogP contribution in [-0.4, -0.2) is 18.6 Å². The van der Waals surface area contributed by atoms with Crippen LogP contribution in [0.4, 0.5) is 0 Å². The van der Waals surface area contributed by atoms with Crippen LogP contribution in [0.25, 0.3) is 0 Å².